The average molecular weight is 317 g/mol. The maximum absolute atomic E-state index is 6.56. The van der Waals surface area contributed by atoms with Crippen LogP contribution < -0.4 is 11.1 Å². The molecule has 120 valence electrons. The number of aliphatic imine (C=N–C) groups is 2. The summed E-state index contributed by atoms with van der Waals surface area (Å²) in [6, 6.07) is 5.79. The number of nitrogens with two attached hydrogens (primary N) is 1. The molecule has 5 heteroatoms. The van der Waals surface area contributed by atoms with Crippen LogP contribution in [0.5, 0.6) is 0 Å². The summed E-state index contributed by atoms with van der Waals surface area (Å²) in [4.78, 5) is 13.6. The Balaban J connectivity index is 1.91. The number of aromatic nitrogens is 1. The summed E-state index contributed by atoms with van der Waals surface area (Å²) in [5.74, 6) is 0.947. The van der Waals surface area contributed by atoms with Crippen LogP contribution in [0.4, 0.5) is 0 Å². The molecule has 0 saturated heterocycles. The van der Waals surface area contributed by atoms with Crippen LogP contribution in [-0.2, 0) is 0 Å². The van der Waals surface area contributed by atoms with E-state index in [1.165, 1.54) is 5.57 Å². The smallest absolute Gasteiger partial charge is 0.110 e. The third kappa shape index (κ3) is 2.69. The van der Waals surface area contributed by atoms with E-state index in [0.717, 1.165) is 54.2 Å². The van der Waals surface area contributed by atoms with E-state index in [9.17, 15) is 0 Å². The number of rotatable bonds is 3. The zero-order chi connectivity index (χ0) is 16.4. The van der Waals surface area contributed by atoms with E-state index in [-0.39, 0.29) is 0 Å². The number of allylic oxidation sites excluding steroid dienone is 4. The van der Waals surface area contributed by atoms with Gasteiger partial charge < -0.3 is 11.1 Å². The van der Waals surface area contributed by atoms with Crippen LogP contribution in [0.15, 0.2) is 75.7 Å². The van der Waals surface area contributed by atoms with Crippen LogP contribution >= 0.6 is 0 Å². The largest absolute Gasteiger partial charge is 0.396 e. The lowest BCUT2D eigenvalue weighted by atomic mass is 9.90. The molecule has 0 spiro atoms. The number of hydrogen-bond donors (Lipinski definition) is 2. The van der Waals surface area contributed by atoms with Crippen molar-refractivity contribution in [3.8, 4) is 0 Å². The second kappa shape index (κ2) is 6.28. The Morgan fingerprint density at radius 1 is 1.21 bits per heavy atom. The Labute approximate surface area is 141 Å². The van der Waals surface area contributed by atoms with Crippen molar-refractivity contribution in [2.24, 2.45) is 15.7 Å². The van der Waals surface area contributed by atoms with Gasteiger partial charge in [0.2, 0.25) is 0 Å². The van der Waals surface area contributed by atoms with Gasteiger partial charge in [-0.1, -0.05) is 6.07 Å². The molecule has 24 heavy (non-hydrogen) atoms. The number of fused-ring (bicyclic) bond motifs is 2. The first-order chi connectivity index (χ1) is 11.8. The van der Waals surface area contributed by atoms with Crippen LogP contribution in [0.25, 0.3) is 5.70 Å². The van der Waals surface area contributed by atoms with E-state index < -0.39 is 0 Å². The highest BCUT2D eigenvalue weighted by atomic mass is 15.0. The Hall–Kier alpha value is -2.95. The third-order valence-electron chi connectivity index (χ3n) is 4.35. The highest BCUT2D eigenvalue weighted by Gasteiger charge is 2.23. The fraction of sp³-hybridized carbons (Fsp3) is 0.211. The van der Waals surface area contributed by atoms with Gasteiger partial charge in [-0.05, 0) is 48.3 Å². The zero-order valence-electron chi connectivity index (χ0n) is 13.4. The van der Waals surface area contributed by atoms with Crippen LogP contribution in [-0.4, -0.2) is 23.1 Å². The van der Waals surface area contributed by atoms with E-state index in [2.05, 4.69) is 21.4 Å². The van der Waals surface area contributed by atoms with E-state index in [1.54, 1.807) is 6.20 Å². The molecular weight excluding hydrogens is 298 g/mol. The van der Waals surface area contributed by atoms with Crippen molar-refractivity contribution in [2.45, 2.75) is 19.3 Å². The van der Waals surface area contributed by atoms with Crippen LogP contribution in [0.3, 0.4) is 0 Å². The van der Waals surface area contributed by atoms with Crippen LogP contribution in [0, 0.1) is 0 Å². The fourth-order valence-corrected chi connectivity index (χ4v) is 3.20. The molecule has 4 heterocycles. The number of nitrogens with zero attached hydrogens (tertiary/aromatic N) is 3. The second-order valence-electron chi connectivity index (χ2n) is 5.92. The highest BCUT2D eigenvalue weighted by molar-refractivity contribution is 6.11. The SMILES string of the molecule is NC(=C(C1=NCCC1)C1=C2C=CNC(=NC=C1)C2)c1ccccn1. The van der Waals surface area contributed by atoms with E-state index in [0.29, 0.717) is 5.70 Å². The Morgan fingerprint density at radius 3 is 2.96 bits per heavy atom. The molecule has 0 radical (unpaired) electrons. The number of hydrogen-bond acceptors (Lipinski definition) is 5. The van der Waals surface area contributed by atoms with Crippen molar-refractivity contribution in [2.75, 3.05) is 6.54 Å². The summed E-state index contributed by atoms with van der Waals surface area (Å²) >= 11 is 0. The van der Waals surface area contributed by atoms with Gasteiger partial charge in [-0.2, -0.15) is 0 Å². The van der Waals surface area contributed by atoms with Crippen molar-refractivity contribution < 1.29 is 0 Å². The molecule has 0 atom stereocenters. The minimum absolute atomic E-state index is 0.679. The molecule has 0 amide bonds. The van der Waals surface area contributed by atoms with E-state index in [1.807, 2.05) is 36.7 Å². The van der Waals surface area contributed by atoms with Crippen molar-refractivity contribution in [3.05, 3.63) is 71.4 Å². The lowest BCUT2D eigenvalue weighted by molar-refractivity contribution is 0.951. The van der Waals surface area contributed by atoms with Gasteiger partial charge in [-0.25, -0.2) is 4.99 Å². The van der Waals surface area contributed by atoms with Gasteiger partial charge in [0.25, 0.3) is 0 Å². The molecule has 5 nitrogen and oxygen atoms in total. The number of pyridine rings is 1. The molecular formula is C19H19N5. The predicted molar refractivity (Wildman–Crippen MR) is 97.4 cm³/mol. The second-order valence-corrected chi connectivity index (χ2v) is 5.92. The van der Waals surface area contributed by atoms with Crippen molar-refractivity contribution in [1.82, 2.24) is 10.3 Å². The minimum Gasteiger partial charge on any atom is -0.396 e. The summed E-state index contributed by atoms with van der Waals surface area (Å²) in [6.45, 7) is 0.861. The molecule has 0 fully saturated rings. The highest BCUT2D eigenvalue weighted by Crippen LogP contribution is 2.31. The molecule has 2 bridgehead atoms. The van der Waals surface area contributed by atoms with E-state index in [4.69, 9.17) is 10.7 Å². The topological polar surface area (TPSA) is 75.7 Å². The maximum atomic E-state index is 6.56. The first-order valence-electron chi connectivity index (χ1n) is 8.17. The summed E-state index contributed by atoms with van der Waals surface area (Å²) in [5.41, 5.74) is 12.4. The summed E-state index contributed by atoms with van der Waals surface area (Å²) < 4.78 is 0. The Kier molecular flexibility index (Phi) is 3.83. The van der Waals surface area contributed by atoms with Gasteiger partial charge in [0, 0.05) is 42.8 Å². The summed E-state index contributed by atoms with van der Waals surface area (Å²) in [6.07, 6.45) is 12.4. The number of amidine groups is 1. The Bertz CT molecular complexity index is 838. The molecule has 1 aromatic rings. The van der Waals surface area contributed by atoms with Gasteiger partial charge in [-0.15, -0.1) is 0 Å². The fourth-order valence-electron chi connectivity index (χ4n) is 3.20. The van der Waals surface area contributed by atoms with Crippen LogP contribution in [0.1, 0.15) is 25.0 Å². The lowest BCUT2D eigenvalue weighted by Crippen LogP contribution is -2.21. The van der Waals surface area contributed by atoms with Gasteiger partial charge in [0.1, 0.15) is 5.84 Å². The quantitative estimate of drug-likeness (QED) is 0.900. The third-order valence-corrected chi connectivity index (χ3v) is 4.35. The Morgan fingerprint density at radius 2 is 2.17 bits per heavy atom. The molecule has 3 aliphatic rings. The molecule has 1 aromatic heterocycles. The van der Waals surface area contributed by atoms with Crippen LogP contribution in [0.2, 0.25) is 0 Å². The predicted octanol–water partition coefficient (Wildman–Crippen LogP) is 2.72. The standard InChI is InChI=1S/C19H19N5/c20-19(16-4-1-2-8-22-16)18(15-5-3-9-21-15)14-7-11-24-17-12-13(14)6-10-23-17/h1-2,4,6-8,10-11H,3,5,9,12,20H2,(H,23,24). The average Bonchev–Trinajstić information content (AvgIpc) is 3.11. The molecule has 0 aromatic carbocycles. The van der Waals surface area contributed by atoms with Crippen molar-refractivity contribution in [1.29, 1.82) is 0 Å². The van der Waals surface area contributed by atoms with Gasteiger partial charge >= 0.3 is 0 Å². The zero-order valence-corrected chi connectivity index (χ0v) is 13.4. The molecule has 0 aliphatic carbocycles. The first kappa shape index (κ1) is 14.6. The normalized spacial score (nSPS) is 20.2. The summed E-state index contributed by atoms with van der Waals surface area (Å²) in [5, 5.41) is 3.17. The lowest BCUT2D eigenvalue weighted by Gasteiger charge is -2.18. The minimum atomic E-state index is 0.679. The van der Waals surface area contributed by atoms with Crippen molar-refractivity contribution in [3.63, 3.8) is 0 Å². The van der Waals surface area contributed by atoms with E-state index >= 15 is 0 Å². The molecule has 3 N–H and O–H groups in total. The van der Waals surface area contributed by atoms with Gasteiger partial charge in [0.05, 0.1) is 11.4 Å². The summed E-state index contributed by atoms with van der Waals surface area (Å²) in [7, 11) is 0. The maximum Gasteiger partial charge on any atom is 0.110 e. The molecule has 0 saturated carbocycles. The number of nitrogens with one attached hydrogen (secondary N) is 1. The molecule has 0 unspecified atom stereocenters. The monoisotopic (exact) mass is 317 g/mol. The first-order valence-corrected chi connectivity index (χ1v) is 8.17. The molecule has 4 rings (SSSR count). The van der Waals surface area contributed by atoms with Gasteiger partial charge in [-0.3, -0.25) is 9.98 Å². The molecule has 3 aliphatic heterocycles. The van der Waals surface area contributed by atoms with Gasteiger partial charge in [0.15, 0.2) is 0 Å². The van der Waals surface area contributed by atoms with Crippen molar-refractivity contribution >= 4 is 17.2 Å².